The molecule has 1 aliphatic rings. The van der Waals surface area contributed by atoms with Gasteiger partial charge in [-0.15, -0.1) is 11.3 Å². The largest absolute Gasteiger partial charge is 0.357 e. The topological polar surface area (TPSA) is 40.5 Å². The van der Waals surface area contributed by atoms with Crippen molar-refractivity contribution in [2.45, 2.75) is 39.5 Å². The summed E-state index contributed by atoms with van der Waals surface area (Å²) in [5.41, 5.74) is 2.62. The number of thiazole rings is 1. The van der Waals surface area contributed by atoms with Gasteiger partial charge in [0.15, 0.2) is 5.96 Å². The van der Waals surface area contributed by atoms with E-state index in [-0.39, 0.29) is 0 Å². The summed E-state index contributed by atoms with van der Waals surface area (Å²) in [4.78, 5) is 11.9. The molecule has 1 aromatic carbocycles. The Morgan fingerprint density at radius 1 is 1.31 bits per heavy atom. The van der Waals surface area contributed by atoms with Gasteiger partial charge in [-0.05, 0) is 37.7 Å². The molecule has 1 aromatic heterocycles. The van der Waals surface area contributed by atoms with Crippen molar-refractivity contribution < 1.29 is 0 Å². The van der Waals surface area contributed by atoms with E-state index in [1.807, 2.05) is 0 Å². The number of nitrogens with zero attached hydrogens (tertiary/aromatic N) is 3. The van der Waals surface area contributed by atoms with Crippen molar-refractivity contribution in [3.63, 3.8) is 0 Å². The molecule has 1 N–H and O–H groups in total. The summed E-state index contributed by atoms with van der Waals surface area (Å²) in [7, 11) is 0. The zero-order valence-corrected chi connectivity index (χ0v) is 16.8. The van der Waals surface area contributed by atoms with Crippen LogP contribution < -0.4 is 5.32 Å². The number of nitrogens with one attached hydrogen (secondary N) is 1. The number of hydrogen-bond acceptors (Lipinski definition) is 3. The third kappa shape index (κ3) is 5.31. The summed E-state index contributed by atoms with van der Waals surface area (Å²) < 4.78 is 0. The van der Waals surface area contributed by atoms with Gasteiger partial charge in [0.1, 0.15) is 0 Å². The lowest BCUT2D eigenvalue weighted by atomic mass is 9.99. The quantitative estimate of drug-likeness (QED) is 0.596. The highest BCUT2D eigenvalue weighted by atomic mass is 32.1. The summed E-state index contributed by atoms with van der Waals surface area (Å²) in [6.45, 7) is 8.20. The molecule has 140 valence electrons. The number of aromatic nitrogens is 1. The van der Waals surface area contributed by atoms with Crippen LogP contribution in [0.25, 0.3) is 0 Å². The van der Waals surface area contributed by atoms with Gasteiger partial charge in [0.2, 0.25) is 0 Å². The molecule has 3 rings (SSSR count). The number of likely N-dealkylation sites (tertiary alicyclic amines) is 1. The predicted octanol–water partition coefficient (Wildman–Crippen LogP) is 3.78. The van der Waals surface area contributed by atoms with E-state index in [2.05, 4.69) is 64.8 Å². The molecule has 0 aliphatic carbocycles. The van der Waals surface area contributed by atoms with Crippen LogP contribution in [-0.4, -0.2) is 42.0 Å². The van der Waals surface area contributed by atoms with E-state index in [0.29, 0.717) is 5.92 Å². The molecule has 4 nitrogen and oxygen atoms in total. The van der Waals surface area contributed by atoms with Gasteiger partial charge in [-0.25, -0.2) is 4.98 Å². The van der Waals surface area contributed by atoms with Gasteiger partial charge in [0.05, 0.1) is 10.7 Å². The monoisotopic (exact) mass is 370 g/mol. The third-order valence-electron chi connectivity index (χ3n) is 4.82. The molecule has 0 spiro atoms. The fraction of sp³-hybridized carbons (Fsp3) is 0.524. The van der Waals surface area contributed by atoms with Crippen LogP contribution >= 0.6 is 11.3 Å². The Hall–Kier alpha value is -1.88. The maximum atomic E-state index is 4.86. The standard InChI is InChI=1S/C21H30N4S/c1-3-20-24-19(16-26-20)10-12-23-21(22-4-2)25-13-11-18(15-25)14-17-8-6-5-7-9-17/h5-9,16,18H,3-4,10-15H2,1-2H3,(H,22,23). The molecule has 5 heteroatoms. The Morgan fingerprint density at radius 2 is 2.15 bits per heavy atom. The first-order valence-electron chi connectivity index (χ1n) is 9.79. The van der Waals surface area contributed by atoms with Crippen LogP contribution in [0.3, 0.4) is 0 Å². The van der Waals surface area contributed by atoms with Crippen LogP contribution in [0, 0.1) is 5.92 Å². The normalized spacial score (nSPS) is 17.7. The summed E-state index contributed by atoms with van der Waals surface area (Å²) in [5, 5.41) is 6.86. The zero-order valence-electron chi connectivity index (χ0n) is 15.9. The van der Waals surface area contributed by atoms with Crippen LogP contribution in [0.1, 0.15) is 36.5 Å². The first-order chi connectivity index (χ1) is 12.8. The Bertz CT molecular complexity index is 695. The van der Waals surface area contributed by atoms with Crippen molar-refractivity contribution in [2.24, 2.45) is 10.9 Å². The summed E-state index contributed by atoms with van der Waals surface area (Å²) in [5.74, 6) is 1.78. The Labute approximate surface area is 161 Å². The van der Waals surface area contributed by atoms with Gasteiger partial charge in [0.25, 0.3) is 0 Å². The number of guanidine groups is 1. The van der Waals surface area contributed by atoms with Crippen LogP contribution in [0.2, 0.25) is 0 Å². The molecule has 26 heavy (non-hydrogen) atoms. The minimum absolute atomic E-state index is 0.715. The first kappa shape index (κ1) is 18.9. The number of rotatable bonds is 7. The molecule has 1 fully saturated rings. The van der Waals surface area contributed by atoms with E-state index in [4.69, 9.17) is 4.99 Å². The summed E-state index contributed by atoms with van der Waals surface area (Å²) in [6.07, 6.45) is 4.35. The molecule has 0 bridgehead atoms. The average molecular weight is 371 g/mol. The van der Waals surface area contributed by atoms with Gasteiger partial charge in [-0.2, -0.15) is 0 Å². The van der Waals surface area contributed by atoms with Crippen molar-refractivity contribution in [3.8, 4) is 0 Å². The minimum atomic E-state index is 0.715. The highest BCUT2D eigenvalue weighted by molar-refractivity contribution is 7.09. The van der Waals surface area contributed by atoms with E-state index in [1.54, 1.807) is 11.3 Å². The fourth-order valence-electron chi connectivity index (χ4n) is 3.47. The molecule has 2 aromatic rings. The molecule has 2 heterocycles. The number of benzene rings is 1. The Morgan fingerprint density at radius 3 is 2.88 bits per heavy atom. The predicted molar refractivity (Wildman–Crippen MR) is 111 cm³/mol. The van der Waals surface area contributed by atoms with Crippen LogP contribution in [0.15, 0.2) is 40.7 Å². The highest BCUT2D eigenvalue weighted by Gasteiger charge is 2.24. The second-order valence-corrected chi connectivity index (χ2v) is 7.80. The molecular formula is C21H30N4S. The average Bonchev–Trinajstić information content (AvgIpc) is 3.31. The summed E-state index contributed by atoms with van der Waals surface area (Å²) in [6, 6.07) is 10.8. The van der Waals surface area contributed by atoms with E-state index in [1.165, 1.54) is 22.7 Å². The molecule has 0 radical (unpaired) electrons. The SMILES string of the molecule is CCNC(=NCCc1csc(CC)n1)N1CCC(Cc2ccccc2)C1. The van der Waals surface area contributed by atoms with Crippen molar-refractivity contribution in [1.82, 2.24) is 15.2 Å². The van der Waals surface area contributed by atoms with E-state index in [0.717, 1.165) is 51.4 Å². The van der Waals surface area contributed by atoms with E-state index in [9.17, 15) is 0 Å². The van der Waals surface area contributed by atoms with Gasteiger partial charge in [0, 0.05) is 38.0 Å². The van der Waals surface area contributed by atoms with Gasteiger partial charge in [-0.3, -0.25) is 4.99 Å². The fourth-order valence-corrected chi connectivity index (χ4v) is 4.25. The lowest BCUT2D eigenvalue weighted by Crippen LogP contribution is -2.40. The minimum Gasteiger partial charge on any atom is -0.357 e. The first-order valence-corrected chi connectivity index (χ1v) is 10.7. The van der Waals surface area contributed by atoms with Crippen molar-refractivity contribution in [2.75, 3.05) is 26.2 Å². The number of hydrogen-bond donors (Lipinski definition) is 1. The molecule has 1 atom stereocenters. The molecule has 1 aliphatic heterocycles. The van der Waals surface area contributed by atoms with Crippen molar-refractivity contribution in [1.29, 1.82) is 0 Å². The van der Waals surface area contributed by atoms with Crippen molar-refractivity contribution in [3.05, 3.63) is 52.0 Å². The number of aryl methyl sites for hydroxylation is 1. The Balaban J connectivity index is 1.53. The smallest absolute Gasteiger partial charge is 0.193 e. The Kier molecular flexibility index (Phi) is 7.06. The lowest BCUT2D eigenvalue weighted by Gasteiger charge is -2.21. The van der Waals surface area contributed by atoms with Gasteiger partial charge in [-0.1, -0.05) is 37.3 Å². The van der Waals surface area contributed by atoms with Crippen LogP contribution in [0.5, 0.6) is 0 Å². The molecule has 0 saturated carbocycles. The summed E-state index contributed by atoms with van der Waals surface area (Å²) >= 11 is 1.76. The lowest BCUT2D eigenvalue weighted by molar-refractivity contribution is 0.460. The maximum Gasteiger partial charge on any atom is 0.193 e. The zero-order chi connectivity index (χ0) is 18.2. The van der Waals surface area contributed by atoms with Crippen molar-refractivity contribution >= 4 is 17.3 Å². The van der Waals surface area contributed by atoms with Gasteiger partial charge >= 0.3 is 0 Å². The van der Waals surface area contributed by atoms with Gasteiger partial charge < -0.3 is 10.2 Å². The molecular weight excluding hydrogens is 340 g/mol. The number of aliphatic imine (C=N–C) groups is 1. The third-order valence-corrected chi connectivity index (χ3v) is 5.86. The molecule has 1 saturated heterocycles. The second kappa shape index (κ2) is 9.72. The highest BCUT2D eigenvalue weighted by Crippen LogP contribution is 2.21. The van der Waals surface area contributed by atoms with Crippen LogP contribution in [0.4, 0.5) is 0 Å². The maximum absolute atomic E-state index is 4.86. The molecule has 1 unspecified atom stereocenters. The molecule has 0 amide bonds. The second-order valence-electron chi connectivity index (χ2n) is 6.86. The van der Waals surface area contributed by atoms with Crippen LogP contribution in [-0.2, 0) is 19.3 Å². The van der Waals surface area contributed by atoms with E-state index >= 15 is 0 Å². The van der Waals surface area contributed by atoms with E-state index < -0.39 is 0 Å².